The number of hydrogen-bond acceptors (Lipinski definition) is 7. The molecule has 6 rings (SSSR count). The number of hydrogen-bond donors (Lipinski definition) is 1. The van der Waals surface area contributed by atoms with E-state index in [-0.39, 0.29) is 22.9 Å². The second-order valence-electron chi connectivity index (χ2n) is 12.4. The van der Waals surface area contributed by atoms with Crippen molar-refractivity contribution in [2.45, 2.75) is 58.9 Å². The summed E-state index contributed by atoms with van der Waals surface area (Å²) in [5, 5.41) is 4.09. The minimum atomic E-state index is -0.536. The molecule has 1 saturated carbocycles. The highest BCUT2D eigenvalue weighted by atomic mass is 35.5. The Morgan fingerprint density at radius 3 is 2.64 bits per heavy atom. The number of fused-ring (bicyclic) bond motifs is 1. The molecule has 1 aliphatic heterocycles. The number of amides is 1. The van der Waals surface area contributed by atoms with Crippen LogP contribution >= 0.6 is 11.6 Å². The van der Waals surface area contributed by atoms with Crippen molar-refractivity contribution in [3.8, 4) is 5.69 Å². The second-order valence-corrected chi connectivity index (χ2v) is 12.8. The lowest BCUT2D eigenvalue weighted by molar-refractivity contribution is -0.126. The molecule has 1 N–H and O–H groups in total. The smallest absolute Gasteiger partial charge is 0.350 e. The number of piperazine rings is 1. The van der Waals surface area contributed by atoms with E-state index in [0.717, 1.165) is 35.0 Å². The van der Waals surface area contributed by atoms with Crippen molar-refractivity contribution in [2.24, 2.45) is 5.92 Å². The van der Waals surface area contributed by atoms with Gasteiger partial charge in [0.15, 0.2) is 5.65 Å². The summed E-state index contributed by atoms with van der Waals surface area (Å²) in [5.41, 5.74) is 3.79. The number of halogens is 2. The Bertz CT molecular complexity index is 1870. The van der Waals surface area contributed by atoms with Gasteiger partial charge >= 0.3 is 5.69 Å². The Hall–Kier alpha value is -4.31. The van der Waals surface area contributed by atoms with Crippen LogP contribution in [0.15, 0.2) is 54.0 Å². The zero-order valence-corrected chi connectivity index (χ0v) is 26.7. The Morgan fingerprint density at radius 1 is 1.20 bits per heavy atom. The lowest BCUT2D eigenvalue weighted by Crippen LogP contribution is -2.54. The van der Waals surface area contributed by atoms with Crippen LogP contribution in [0.5, 0.6) is 0 Å². The lowest BCUT2D eigenvalue weighted by Gasteiger charge is -2.40. The molecule has 2 fully saturated rings. The van der Waals surface area contributed by atoms with Crippen LogP contribution in [-0.4, -0.2) is 56.0 Å². The van der Waals surface area contributed by atoms with Crippen LogP contribution in [-0.2, 0) is 11.2 Å². The molecule has 11 heteroatoms. The standard InChI is InChI=1S/C34H37ClFN7O2/c1-6-29(44)41-13-14-42(21(5)18-41)32-25-17-24(22-7-8-22)31(38-23-9-10-26(35)27(36)16-23)39-33(25)43(34(45)40-32)30-20(4)11-12-37-28(30)15-19(2)3/h6,9-12,16-17,19,21-22H,1,7-8,13-15,18H2,2-5H3,(H,38,39)/t21-/m0/s1. The molecule has 1 aromatic carbocycles. The number of rotatable bonds is 8. The average molecular weight is 630 g/mol. The van der Waals surface area contributed by atoms with Gasteiger partial charge in [0.05, 0.1) is 21.8 Å². The van der Waals surface area contributed by atoms with Crippen LogP contribution in [0.25, 0.3) is 16.7 Å². The van der Waals surface area contributed by atoms with Crippen molar-refractivity contribution in [3.63, 3.8) is 0 Å². The van der Waals surface area contributed by atoms with Gasteiger partial charge in [0, 0.05) is 37.6 Å². The predicted molar refractivity (Wildman–Crippen MR) is 176 cm³/mol. The van der Waals surface area contributed by atoms with Gasteiger partial charge < -0.3 is 15.1 Å². The molecule has 45 heavy (non-hydrogen) atoms. The van der Waals surface area contributed by atoms with E-state index in [1.165, 1.54) is 18.2 Å². The number of benzene rings is 1. The van der Waals surface area contributed by atoms with Crippen LogP contribution in [0.2, 0.25) is 5.02 Å². The van der Waals surface area contributed by atoms with Crippen molar-refractivity contribution >= 4 is 45.9 Å². The van der Waals surface area contributed by atoms with Crippen molar-refractivity contribution in [3.05, 3.63) is 87.3 Å². The van der Waals surface area contributed by atoms with Gasteiger partial charge in [-0.2, -0.15) is 4.98 Å². The molecule has 0 bridgehead atoms. The third kappa shape index (κ3) is 6.03. The summed E-state index contributed by atoms with van der Waals surface area (Å²) in [6.45, 7) is 13.3. The number of anilines is 3. The zero-order chi connectivity index (χ0) is 32.0. The number of aryl methyl sites for hydroxylation is 1. The van der Waals surface area contributed by atoms with Gasteiger partial charge in [-0.25, -0.2) is 18.7 Å². The molecule has 0 radical (unpaired) electrons. The van der Waals surface area contributed by atoms with Crippen LogP contribution in [0, 0.1) is 18.7 Å². The minimum Gasteiger partial charge on any atom is -0.350 e. The molecule has 0 unspecified atom stereocenters. The van der Waals surface area contributed by atoms with E-state index in [4.69, 9.17) is 21.6 Å². The Balaban J connectivity index is 1.59. The van der Waals surface area contributed by atoms with Gasteiger partial charge in [-0.3, -0.25) is 9.78 Å². The first-order valence-electron chi connectivity index (χ1n) is 15.4. The summed E-state index contributed by atoms with van der Waals surface area (Å²) >= 11 is 5.96. The van der Waals surface area contributed by atoms with Gasteiger partial charge in [0.1, 0.15) is 17.5 Å². The van der Waals surface area contributed by atoms with Crippen molar-refractivity contribution in [1.82, 2.24) is 24.4 Å². The zero-order valence-electron chi connectivity index (χ0n) is 26.0. The van der Waals surface area contributed by atoms with Crippen LogP contribution in [0.3, 0.4) is 0 Å². The maximum Gasteiger partial charge on any atom is 0.355 e. The van der Waals surface area contributed by atoms with E-state index >= 15 is 0 Å². The highest BCUT2D eigenvalue weighted by Crippen LogP contribution is 2.45. The monoisotopic (exact) mass is 629 g/mol. The number of carbonyl (C=O) groups excluding carboxylic acids is 1. The molecular formula is C34H37ClFN7O2. The highest BCUT2D eigenvalue weighted by molar-refractivity contribution is 6.30. The van der Waals surface area contributed by atoms with Crippen molar-refractivity contribution in [1.29, 1.82) is 0 Å². The molecule has 4 heterocycles. The molecule has 1 atom stereocenters. The minimum absolute atomic E-state index is 0.0349. The van der Waals surface area contributed by atoms with E-state index in [1.54, 1.807) is 21.7 Å². The molecule has 9 nitrogen and oxygen atoms in total. The fourth-order valence-corrected chi connectivity index (χ4v) is 6.25. The maximum atomic E-state index is 14.4. The maximum absolute atomic E-state index is 14.4. The summed E-state index contributed by atoms with van der Waals surface area (Å²) in [6.07, 6.45) is 5.75. The Labute approximate surface area is 266 Å². The molecule has 1 amide bonds. The van der Waals surface area contributed by atoms with Crippen molar-refractivity contribution < 1.29 is 9.18 Å². The van der Waals surface area contributed by atoms with Crippen LogP contribution < -0.4 is 15.9 Å². The topological polar surface area (TPSA) is 96.3 Å². The van der Waals surface area contributed by atoms with E-state index in [2.05, 4.69) is 41.7 Å². The Morgan fingerprint density at radius 2 is 1.98 bits per heavy atom. The highest BCUT2D eigenvalue weighted by Gasteiger charge is 2.33. The first-order chi connectivity index (χ1) is 21.5. The summed E-state index contributed by atoms with van der Waals surface area (Å²) in [5.74, 6) is 1.01. The summed E-state index contributed by atoms with van der Waals surface area (Å²) in [6, 6.07) is 8.41. The normalized spacial score (nSPS) is 16.8. The van der Waals surface area contributed by atoms with Crippen molar-refractivity contribution in [2.75, 3.05) is 29.9 Å². The largest absolute Gasteiger partial charge is 0.355 e. The first-order valence-corrected chi connectivity index (χ1v) is 15.8. The van der Waals surface area contributed by atoms with Crippen LogP contribution in [0.4, 0.5) is 21.7 Å². The second kappa shape index (κ2) is 12.2. The lowest BCUT2D eigenvalue weighted by atomic mass is 10.0. The number of nitrogens with one attached hydrogen (secondary N) is 1. The molecule has 1 saturated heterocycles. The van der Waals surface area contributed by atoms with E-state index in [9.17, 15) is 14.0 Å². The number of nitrogens with zero attached hydrogens (tertiary/aromatic N) is 6. The summed E-state index contributed by atoms with van der Waals surface area (Å²) in [7, 11) is 0. The Kier molecular flexibility index (Phi) is 8.35. The fourth-order valence-electron chi connectivity index (χ4n) is 6.13. The van der Waals surface area contributed by atoms with E-state index in [0.29, 0.717) is 60.6 Å². The quantitative estimate of drug-likeness (QED) is 0.228. The number of pyridine rings is 2. The molecule has 2 aliphatic rings. The van der Waals surface area contributed by atoms with Gasteiger partial charge in [-0.1, -0.05) is 32.0 Å². The van der Waals surface area contributed by atoms with Gasteiger partial charge in [-0.05, 0) is 92.5 Å². The van der Waals surface area contributed by atoms with E-state index < -0.39 is 11.5 Å². The van der Waals surface area contributed by atoms with Gasteiger partial charge in [-0.15, -0.1) is 0 Å². The fraction of sp³-hybridized carbons (Fsp3) is 0.382. The van der Waals surface area contributed by atoms with Crippen LogP contribution in [0.1, 0.15) is 56.4 Å². The average Bonchev–Trinajstić information content (AvgIpc) is 3.84. The number of carbonyl (C=O) groups is 1. The molecular weight excluding hydrogens is 593 g/mol. The molecule has 234 valence electrons. The first kappa shape index (κ1) is 30.7. The third-order valence-corrected chi connectivity index (χ3v) is 8.80. The molecule has 3 aromatic heterocycles. The SMILES string of the molecule is C=CC(=O)N1CCN(c2nc(=O)n(-c3c(C)ccnc3CC(C)C)c3nc(Nc4ccc(Cl)c(F)c4)c(C4CC4)cc23)[C@@H](C)C1. The molecule has 0 spiro atoms. The predicted octanol–water partition coefficient (Wildman–Crippen LogP) is 6.32. The molecule has 4 aromatic rings. The van der Waals surface area contributed by atoms with E-state index in [1.807, 2.05) is 19.9 Å². The van der Waals surface area contributed by atoms with Gasteiger partial charge in [0.25, 0.3) is 0 Å². The number of aromatic nitrogens is 4. The summed E-state index contributed by atoms with van der Waals surface area (Å²) < 4.78 is 16.0. The molecule has 1 aliphatic carbocycles. The third-order valence-electron chi connectivity index (χ3n) is 8.49. The van der Waals surface area contributed by atoms with Gasteiger partial charge in [0.2, 0.25) is 5.91 Å². The summed E-state index contributed by atoms with van der Waals surface area (Å²) in [4.78, 5) is 45.0.